The van der Waals surface area contributed by atoms with Gasteiger partial charge in [-0.2, -0.15) is 5.06 Å². The van der Waals surface area contributed by atoms with E-state index < -0.39 is 22.6 Å². The Balaban J connectivity index is 2.28. The van der Waals surface area contributed by atoms with Gasteiger partial charge in [0, 0.05) is 11.1 Å². The van der Waals surface area contributed by atoms with Gasteiger partial charge in [-0.3, -0.25) is 5.21 Å². The summed E-state index contributed by atoms with van der Waals surface area (Å²) in [5.41, 5.74) is 6.11. The number of nitrogens with two attached hydrogens (primary N) is 2. The summed E-state index contributed by atoms with van der Waals surface area (Å²) >= 11 is 6.21. The molecular weight excluding hydrogens is 436 g/mol. The molecule has 12 heteroatoms. The molecule has 0 fully saturated rings. The molecule has 0 aliphatic heterocycles. The van der Waals surface area contributed by atoms with Crippen LogP contribution in [0.25, 0.3) is 22.4 Å². The topological polar surface area (TPSA) is 162 Å². The molecule has 3 rings (SSSR count). The largest absolute Gasteiger partial charge is 0.495 e. The van der Waals surface area contributed by atoms with Crippen molar-refractivity contribution in [2.45, 2.75) is 11.4 Å². The number of rotatable bonds is 6. The molecule has 30 heavy (non-hydrogen) atoms. The number of carbonyl (C=O) groups is 1. The van der Waals surface area contributed by atoms with Crippen LogP contribution in [0.5, 0.6) is 5.75 Å². The Morgan fingerprint density at radius 3 is 2.60 bits per heavy atom. The number of ether oxygens (including phenoxy) is 1. The first-order valence-electron chi connectivity index (χ1n) is 8.34. The number of amides is 2. The number of primary amides is 1. The summed E-state index contributed by atoms with van der Waals surface area (Å²) in [4.78, 5) is 11.1. The fourth-order valence-electron chi connectivity index (χ4n) is 2.86. The number of hydroxylamine groups is 2. The lowest BCUT2D eigenvalue weighted by Crippen LogP contribution is -2.32. The molecule has 5 N–H and O–H groups in total. The first kappa shape index (κ1) is 21.6. The molecule has 10 nitrogen and oxygen atoms in total. The minimum Gasteiger partial charge on any atom is -0.495 e. The number of urea groups is 1. The summed E-state index contributed by atoms with van der Waals surface area (Å²) in [6.45, 7) is -0.486. The number of halogens is 1. The maximum atomic E-state index is 12.1. The normalized spacial score (nSPS) is 11.3. The molecule has 0 aliphatic carbocycles. The van der Waals surface area contributed by atoms with Gasteiger partial charge in [-0.1, -0.05) is 35.0 Å². The Kier molecular flexibility index (Phi) is 5.99. The van der Waals surface area contributed by atoms with E-state index in [1.165, 1.54) is 25.3 Å². The van der Waals surface area contributed by atoms with E-state index in [0.717, 1.165) is 0 Å². The molecule has 0 aliphatic rings. The standard InChI is InChI=1S/C18H17ClN4O6S/c1-28-13-7-6-10(8-12(13)19)17-16(14(29-22-17)9-23(25)18(20)24)11-4-2-3-5-15(11)30(21,26)27/h2-8,25H,9H2,1H3,(H2,20,24)(H2,21,26,27). The summed E-state index contributed by atoms with van der Waals surface area (Å²) < 4.78 is 34.7. The fraction of sp³-hybridized carbons (Fsp3) is 0.111. The van der Waals surface area contributed by atoms with E-state index in [1.807, 2.05) is 0 Å². The first-order chi connectivity index (χ1) is 14.1. The van der Waals surface area contributed by atoms with Crippen molar-refractivity contribution in [1.82, 2.24) is 10.2 Å². The van der Waals surface area contributed by atoms with Crippen molar-refractivity contribution in [3.63, 3.8) is 0 Å². The summed E-state index contributed by atoms with van der Waals surface area (Å²) in [5.74, 6) is 0.403. The third kappa shape index (κ3) is 4.24. The summed E-state index contributed by atoms with van der Waals surface area (Å²) in [6, 6.07) is 9.57. The van der Waals surface area contributed by atoms with Crippen molar-refractivity contribution in [2.24, 2.45) is 10.9 Å². The lowest BCUT2D eigenvalue weighted by Gasteiger charge is -2.13. The van der Waals surface area contributed by atoms with E-state index in [1.54, 1.807) is 24.3 Å². The van der Waals surface area contributed by atoms with Crippen LogP contribution in [-0.2, 0) is 16.6 Å². The van der Waals surface area contributed by atoms with Crippen LogP contribution in [0.1, 0.15) is 5.76 Å². The van der Waals surface area contributed by atoms with Crippen LogP contribution in [0.3, 0.4) is 0 Å². The third-order valence-electron chi connectivity index (χ3n) is 4.20. The second kappa shape index (κ2) is 8.32. The average Bonchev–Trinajstić information content (AvgIpc) is 3.10. The number of methoxy groups -OCH3 is 1. The van der Waals surface area contributed by atoms with E-state index in [0.29, 0.717) is 11.3 Å². The highest BCUT2D eigenvalue weighted by atomic mass is 35.5. The van der Waals surface area contributed by atoms with Gasteiger partial charge in [0.1, 0.15) is 18.0 Å². The van der Waals surface area contributed by atoms with Crippen molar-refractivity contribution in [3.05, 3.63) is 53.2 Å². The number of nitrogens with zero attached hydrogens (tertiary/aromatic N) is 2. The molecule has 2 amide bonds. The zero-order chi connectivity index (χ0) is 22.1. The number of aromatic nitrogens is 1. The Hall–Kier alpha value is -3.12. The summed E-state index contributed by atoms with van der Waals surface area (Å²) in [6.07, 6.45) is 0. The predicted molar refractivity (Wildman–Crippen MR) is 107 cm³/mol. The number of carbonyl (C=O) groups excluding carboxylic acids is 1. The van der Waals surface area contributed by atoms with Gasteiger partial charge in [0.2, 0.25) is 10.0 Å². The van der Waals surface area contributed by atoms with Gasteiger partial charge in [0.15, 0.2) is 5.76 Å². The van der Waals surface area contributed by atoms with Gasteiger partial charge >= 0.3 is 6.03 Å². The van der Waals surface area contributed by atoms with E-state index in [-0.39, 0.29) is 37.6 Å². The summed E-state index contributed by atoms with van der Waals surface area (Å²) in [5, 5.41) is 19.6. The molecule has 158 valence electrons. The first-order valence-corrected chi connectivity index (χ1v) is 10.3. The van der Waals surface area contributed by atoms with Crippen molar-refractivity contribution >= 4 is 27.7 Å². The van der Waals surface area contributed by atoms with Crippen molar-refractivity contribution < 1.29 is 27.7 Å². The van der Waals surface area contributed by atoms with E-state index >= 15 is 0 Å². The molecule has 0 bridgehead atoms. The molecular formula is C18H17ClN4O6S. The SMILES string of the molecule is COc1ccc(-c2noc(CN(O)C(N)=O)c2-c2ccccc2S(N)(=O)=O)cc1Cl. The Morgan fingerprint density at radius 1 is 1.30 bits per heavy atom. The predicted octanol–water partition coefficient (Wildman–Crippen LogP) is 2.59. The quantitative estimate of drug-likeness (QED) is 0.382. The lowest BCUT2D eigenvalue weighted by atomic mass is 9.99. The van der Waals surface area contributed by atoms with Gasteiger partial charge < -0.3 is 15.0 Å². The molecule has 3 aromatic rings. The molecule has 0 atom stereocenters. The van der Waals surface area contributed by atoms with Gasteiger partial charge in [-0.15, -0.1) is 0 Å². The van der Waals surface area contributed by atoms with Crippen molar-refractivity contribution in [2.75, 3.05) is 7.11 Å². The van der Waals surface area contributed by atoms with Crippen LogP contribution in [0.15, 0.2) is 51.9 Å². The fourth-order valence-corrected chi connectivity index (χ4v) is 3.86. The summed E-state index contributed by atoms with van der Waals surface area (Å²) in [7, 11) is -2.66. The second-order valence-electron chi connectivity index (χ2n) is 6.12. The minimum absolute atomic E-state index is 0.0191. The number of sulfonamides is 1. The third-order valence-corrected chi connectivity index (χ3v) is 5.46. The van der Waals surface area contributed by atoms with Gasteiger partial charge in [-0.25, -0.2) is 18.4 Å². The smallest absolute Gasteiger partial charge is 0.338 e. The molecule has 2 aromatic carbocycles. The van der Waals surface area contributed by atoms with E-state index in [4.69, 9.17) is 31.7 Å². The van der Waals surface area contributed by atoms with Crippen LogP contribution < -0.4 is 15.6 Å². The number of hydrogen-bond donors (Lipinski definition) is 3. The molecule has 0 saturated heterocycles. The molecule has 1 heterocycles. The van der Waals surface area contributed by atoms with Crippen LogP contribution in [0.4, 0.5) is 4.79 Å². The molecule has 0 unspecified atom stereocenters. The van der Waals surface area contributed by atoms with Gasteiger partial charge in [0.05, 0.1) is 22.6 Å². The second-order valence-corrected chi connectivity index (χ2v) is 8.05. The van der Waals surface area contributed by atoms with Gasteiger partial charge in [0.25, 0.3) is 0 Å². The van der Waals surface area contributed by atoms with E-state index in [9.17, 15) is 18.4 Å². The monoisotopic (exact) mass is 452 g/mol. The molecule has 0 saturated carbocycles. The highest BCUT2D eigenvalue weighted by molar-refractivity contribution is 7.89. The number of hydrogen-bond acceptors (Lipinski definition) is 7. The maximum Gasteiger partial charge on any atom is 0.338 e. The highest BCUT2D eigenvalue weighted by Crippen LogP contribution is 2.40. The zero-order valence-corrected chi connectivity index (χ0v) is 17.1. The van der Waals surface area contributed by atoms with Crippen LogP contribution >= 0.6 is 11.6 Å². The van der Waals surface area contributed by atoms with Gasteiger partial charge in [-0.05, 0) is 24.3 Å². The van der Waals surface area contributed by atoms with Crippen molar-refractivity contribution in [1.29, 1.82) is 0 Å². The molecule has 1 aromatic heterocycles. The zero-order valence-electron chi connectivity index (χ0n) is 15.6. The maximum absolute atomic E-state index is 12.1. The Morgan fingerprint density at radius 2 is 2.00 bits per heavy atom. The Labute approximate surface area is 176 Å². The van der Waals surface area contributed by atoms with Crippen LogP contribution in [-0.4, -0.2) is 37.0 Å². The highest BCUT2D eigenvalue weighted by Gasteiger charge is 2.26. The van der Waals surface area contributed by atoms with Crippen LogP contribution in [0, 0.1) is 0 Å². The molecule has 0 spiro atoms. The van der Waals surface area contributed by atoms with E-state index in [2.05, 4.69) is 5.16 Å². The molecule has 0 radical (unpaired) electrons. The Bertz CT molecular complexity index is 1210. The minimum atomic E-state index is -4.12. The lowest BCUT2D eigenvalue weighted by molar-refractivity contribution is -0.0521. The number of benzene rings is 2. The van der Waals surface area contributed by atoms with Crippen molar-refractivity contribution in [3.8, 4) is 28.1 Å². The average molecular weight is 453 g/mol. The van der Waals surface area contributed by atoms with Crippen LogP contribution in [0.2, 0.25) is 5.02 Å². The number of primary sulfonamides is 1.